The second-order valence-electron chi connectivity index (χ2n) is 2.86. The molecule has 0 fully saturated rings. The lowest BCUT2D eigenvalue weighted by Gasteiger charge is -2.03. The molecule has 0 atom stereocenters. The van der Waals surface area contributed by atoms with Crippen LogP contribution in [0.15, 0.2) is 35.4 Å². The Labute approximate surface area is 89.0 Å². The molecule has 0 aliphatic carbocycles. The summed E-state index contributed by atoms with van der Waals surface area (Å²) in [6.45, 7) is 2.28. The minimum atomic E-state index is 0.435. The van der Waals surface area contributed by atoms with Crippen LogP contribution in [0.2, 0.25) is 0 Å². The van der Waals surface area contributed by atoms with Crippen LogP contribution in [-0.4, -0.2) is 17.2 Å². The second-order valence-corrected chi connectivity index (χ2v) is 3.27. The number of benzene rings is 1. The number of nitrogens with one attached hydrogen (secondary N) is 1. The third-order valence-corrected chi connectivity index (χ3v) is 2.01. The highest BCUT2D eigenvalue weighted by Gasteiger charge is 1.97. The molecule has 0 aliphatic heterocycles. The fraction of sp³-hybridized carbons (Fsp3) is 0.200. The van der Waals surface area contributed by atoms with Gasteiger partial charge >= 0.3 is 0 Å². The largest absolute Gasteiger partial charge is 0.325 e. The Kier molecular flexibility index (Phi) is 4.22. The van der Waals surface area contributed by atoms with E-state index in [-0.39, 0.29) is 0 Å². The van der Waals surface area contributed by atoms with Crippen LogP contribution in [0.3, 0.4) is 0 Å². The Bertz CT molecular complexity index is 332. The summed E-state index contributed by atoms with van der Waals surface area (Å²) in [6, 6.07) is 9.68. The van der Waals surface area contributed by atoms with E-state index in [2.05, 4.69) is 10.5 Å². The summed E-state index contributed by atoms with van der Waals surface area (Å²) in [5.41, 5.74) is 9.95. The smallest absolute Gasteiger partial charge is 0.126 e. The molecule has 4 heteroatoms. The molecule has 0 amide bonds. The predicted octanol–water partition coefficient (Wildman–Crippen LogP) is 1.29. The fourth-order valence-electron chi connectivity index (χ4n) is 0.846. The van der Waals surface area contributed by atoms with Gasteiger partial charge in [-0.2, -0.15) is 5.10 Å². The van der Waals surface area contributed by atoms with Crippen molar-refractivity contribution < 1.29 is 0 Å². The summed E-state index contributed by atoms with van der Waals surface area (Å²) < 4.78 is 0. The number of nitrogens with zero attached hydrogens (tertiary/aromatic N) is 1. The van der Waals surface area contributed by atoms with Crippen LogP contribution < -0.4 is 11.2 Å². The van der Waals surface area contributed by atoms with Crippen molar-refractivity contribution >= 4 is 22.9 Å². The van der Waals surface area contributed by atoms with Gasteiger partial charge in [0.25, 0.3) is 0 Å². The maximum atomic E-state index is 5.38. The zero-order valence-electron chi connectivity index (χ0n) is 8.03. The van der Waals surface area contributed by atoms with Crippen LogP contribution in [0.25, 0.3) is 0 Å². The number of rotatable bonds is 3. The van der Waals surface area contributed by atoms with Crippen LogP contribution in [0.1, 0.15) is 12.5 Å². The molecule has 3 N–H and O–H groups in total. The number of nitrogens with two attached hydrogens (primary N) is 1. The molecule has 0 unspecified atom stereocenters. The van der Waals surface area contributed by atoms with Gasteiger partial charge in [-0.3, -0.25) is 5.43 Å². The van der Waals surface area contributed by atoms with Crippen molar-refractivity contribution in [1.82, 2.24) is 5.43 Å². The van der Waals surface area contributed by atoms with Crippen molar-refractivity contribution in [3.63, 3.8) is 0 Å². The summed E-state index contributed by atoms with van der Waals surface area (Å²) in [5, 5.41) is 4.02. The number of hydrogen-bond donors (Lipinski definition) is 2. The van der Waals surface area contributed by atoms with E-state index in [4.69, 9.17) is 18.0 Å². The molecule has 0 radical (unpaired) electrons. The zero-order valence-corrected chi connectivity index (χ0v) is 8.84. The van der Waals surface area contributed by atoms with E-state index in [1.807, 2.05) is 37.3 Å². The standard InChI is InChI=1S/C10H13N3S/c1-8(7-11)12-13-10(14)9-5-3-2-4-6-9/h2-6H,7,11H2,1H3,(H,13,14). The van der Waals surface area contributed by atoms with E-state index < -0.39 is 0 Å². The van der Waals surface area contributed by atoms with Gasteiger partial charge in [0, 0.05) is 17.8 Å². The third-order valence-electron chi connectivity index (χ3n) is 1.68. The molecule has 3 nitrogen and oxygen atoms in total. The molecule has 0 aromatic heterocycles. The first-order chi connectivity index (χ1) is 6.74. The van der Waals surface area contributed by atoms with Crippen molar-refractivity contribution in [3.8, 4) is 0 Å². The molecule has 1 rings (SSSR count). The zero-order chi connectivity index (χ0) is 10.4. The van der Waals surface area contributed by atoms with E-state index in [1.165, 1.54) is 0 Å². The van der Waals surface area contributed by atoms with Crippen LogP contribution >= 0.6 is 12.2 Å². The molecule has 74 valence electrons. The summed E-state index contributed by atoms with van der Waals surface area (Å²) in [7, 11) is 0. The molecule has 0 aliphatic rings. The highest BCUT2D eigenvalue weighted by molar-refractivity contribution is 7.80. The molecular weight excluding hydrogens is 194 g/mol. The SMILES string of the molecule is CC(CN)=NNC(=S)c1ccccc1. The van der Waals surface area contributed by atoms with E-state index >= 15 is 0 Å². The summed E-state index contributed by atoms with van der Waals surface area (Å²) >= 11 is 5.13. The average molecular weight is 207 g/mol. The Morgan fingerprint density at radius 1 is 1.43 bits per heavy atom. The van der Waals surface area contributed by atoms with Gasteiger partial charge in [0.1, 0.15) is 4.99 Å². The van der Waals surface area contributed by atoms with Gasteiger partial charge in [-0.1, -0.05) is 42.5 Å². The second kappa shape index (κ2) is 5.47. The number of thiocarbonyl (C=S) groups is 1. The van der Waals surface area contributed by atoms with Crippen molar-refractivity contribution in [3.05, 3.63) is 35.9 Å². The first kappa shape index (κ1) is 10.8. The van der Waals surface area contributed by atoms with E-state index in [0.717, 1.165) is 11.3 Å². The van der Waals surface area contributed by atoms with Gasteiger partial charge in [-0.25, -0.2) is 0 Å². The van der Waals surface area contributed by atoms with Crippen LogP contribution in [0, 0.1) is 0 Å². The lowest BCUT2D eigenvalue weighted by atomic mass is 10.2. The van der Waals surface area contributed by atoms with E-state index in [9.17, 15) is 0 Å². The molecular formula is C10H13N3S. The maximum absolute atomic E-state index is 5.38. The molecule has 0 spiro atoms. The lowest BCUT2D eigenvalue weighted by molar-refractivity contribution is 1.03. The normalized spacial score (nSPS) is 11.1. The Morgan fingerprint density at radius 3 is 2.64 bits per heavy atom. The summed E-state index contributed by atoms with van der Waals surface area (Å²) in [5.74, 6) is 0. The van der Waals surface area contributed by atoms with E-state index in [1.54, 1.807) is 0 Å². The molecule has 0 saturated heterocycles. The monoisotopic (exact) mass is 207 g/mol. The molecule has 1 aromatic rings. The Balaban J connectivity index is 2.60. The highest BCUT2D eigenvalue weighted by atomic mass is 32.1. The lowest BCUT2D eigenvalue weighted by Crippen LogP contribution is -2.20. The van der Waals surface area contributed by atoms with Crippen LogP contribution in [0.5, 0.6) is 0 Å². The van der Waals surface area contributed by atoms with Crippen LogP contribution in [0.4, 0.5) is 0 Å². The Morgan fingerprint density at radius 2 is 2.07 bits per heavy atom. The third kappa shape index (κ3) is 3.24. The summed E-state index contributed by atoms with van der Waals surface area (Å²) in [6.07, 6.45) is 0. The van der Waals surface area contributed by atoms with Gasteiger partial charge in [0.15, 0.2) is 0 Å². The van der Waals surface area contributed by atoms with Crippen molar-refractivity contribution in [2.75, 3.05) is 6.54 Å². The average Bonchev–Trinajstić information content (AvgIpc) is 2.26. The quantitative estimate of drug-likeness (QED) is 0.446. The highest BCUT2D eigenvalue weighted by Crippen LogP contribution is 1.98. The molecule has 14 heavy (non-hydrogen) atoms. The van der Waals surface area contributed by atoms with E-state index in [0.29, 0.717) is 11.5 Å². The van der Waals surface area contributed by atoms with Crippen LogP contribution in [-0.2, 0) is 0 Å². The maximum Gasteiger partial charge on any atom is 0.126 e. The first-order valence-electron chi connectivity index (χ1n) is 4.32. The molecule has 0 bridgehead atoms. The molecule has 0 heterocycles. The first-order valence-corrected chi connectivity index (χ1v) is 4.73. The number of hydrazone groups is 1. The minimum absolute atomic E-state index is 0.435. The Hall–Kier alpha value is -1.26. The van der Waals surface area contributed by atoms with Gasteiger partial charge in [-0.15, -0.1) is 0 Å². The van der Waals surface area contributed by atoms with Gasteiger partial charge in [-0.05, 0) is 6.92 Å². The van der Waals surface area contributed by atoms with Crippen molar-refractivity contribution in [1.29, 1.82) is 0 Å². The summed E-state index contributed by atoms with van der Waals surface area (Å²) in [4.78, 5) is 0.610. The van der Waals surface area contributed by atoms with Crippen molar-refractivity contribution in [2.45, 2.75) is 6.92 Å². The minimum Gasteiger partial charge on any atom is -0.325 e. The fourth-order valence-corrected chi connectivity index (χ4v) is 1.03. The molecule has 0 saturated carbocycles. The molecule has 1 aromatic carbocycles. The topological polar surface area (TPSA) is 50.4 Å². The van der Waals surface area contributed by atoms with Gasteiger partial charge in [0.05, 0.1) is 0 Å². The van der Waals surface area contributed by atoms with Gasteiger partial charge in [0.2, 0.25) is 0 Å². The predicted molar refractivity (Wildman–Crippen MR) is 63.4 cm³/mol. The van der Waals surface area contributed by atoms with Gasteiger partial charge < -0.3 is 5.73 Å². The number of hydrogen-bond acceptors (Lipinski definition) is 3. The van der Waals surface area contributed by atoms with Crippen molar-refractivity contribution in [2.24, 2.45) is 10.8 Å².